The van der Waals surface area contributed by atoms with Gasteiger partial charge in [-0.1, -0.05) is 13.3 Å². The first kappa shape index (κ1) is 14.2. The Morgan fingerprint density at radius 1 is 1.56 bits per heavy atom. The molecule has 2 N–H and O–H groups in total. The third-order valence-electron chi connectivity index (χ3n) is 2.50. The fraction of sp³-hybridized carbons (Fsp3) is 0.667. The van der Waals surface area contributed by atoms with Gasteiger partial charge in [-0.05, 0) is 42.4 Å². The lowest BCUT2D eigenvalue weighted by molar-refractivity contribution is 0.242. The maximum Gasteiger partial charge on any atom is 0.0326 e. The summed E-state index contributed by atoms with van der Waals surface area (Å²) in [5.41, 5.74) is 6.17. The number of rotatable bonds is 6. The minimum Gasteiger partial charge on any atom is -0.324 e. The molecule has 1 heterocycles. The molecule has 0 fully saturated rings. The molecule has 0 aliphatic heterocycles. The summed E-state index contributed by atoms with van der Waals surface area (Å²) in [5.74, 6) is 0. The topological polar surface area (TPSA) is 29.3 Å². The Labute approximate surface area is 111 Å². The van der Waals surface area contributed by atoms with Crippen LogP contribution in [-0.4, -0.2) is 24.0 Å². The summed E-state index contributed by atoms with van der Waals surface area (Å²) in [7, 11) is 2.13. The molecule has 2 nitrogen and oxygen atoms in total. The van der Waals surface area contributed by atoms with Crippen LogP contribution in [0.1, 0.15) is 31.6 Å². The van der Waals surface area contributed by atoms with E-state index in [9.17, 15) is 0 Å². The van der Waals surface area contributed by atoms with E-state index in [1.165, 1.54) is 9.35 Å². The van der Waals surface area contributed by atoms with Crippen LogP contribution in [-0.2, 0) is 6.54 Å². The van der Waals surface area contributed by atoms with Crippen molar-refractivity contribution in [2.24, 2.45) is 5.73 Å². The van der Waals surface area contributed by atoms with E-state index in [0.29, 0.717) is 0 Å². The van der Waals surface area contributed by atoms with Gasteiger partial charge in [-0.3, -0.25) is 4.90 Å². The van der Waals surface area contributed by atoms with Gasteiger partial charge >= 0.3 is 0 Å². The molecule has 1 aromatic heterocycles. The highest BCUT2D eigenvalue weighted by Crippen LogP contribution is 2.21. The average Bonchev–Trinajstić information content (AvgIpc) is 2.49. The molecule has 92 valence electrons. The maximum atomic E-state index is 6.24. The Balaban J connectivity index is 2.44. The molecule has 1 atom stereocenters. The fourth-order valence-electron chi connectivity index (χ4n) is 2.03. The van der Waals surface area contributed by atoms with Gasteiger partial charge in [0.25, 0.3) is 0 Å². The molecule has 1 unspecified atom stereocenters. The number of likely N-dealkylation sites (N-methyl/N-ethyl adjacent to an activating group) is 1. The molecule has 4 heteroatoms. The zero-order valence-electron chi connectivity index (χ0n) is 10.3. The normalized spacial score (nSPS) is 15.4. The Kier molecular flexibility index (Phi) is 5.44. The van der Waals surface area contributed by atoms with Crippen LogP contribution in [0.25, 0.3) is 0 Å². The third-order valence-corrected chi connectivity index (χ3v) is 4.18. The molecule has 0 amide bonds. The van der Waals surface area contributed by atoms with Crippen LogP contribution in [0, 0.1) is 0 Å². The van der Waals surface area contributed by atoms with E-state index in [2.05, 4.69) is 53.2 Å². The summed E-state index contributed by atoms with van der Waals surface area (Å²) in [4.78, 5) is 3.68. The van der Waals surface area contributed by atoms with Crippen molar-refractivity contribution in [1.29, 1.82) is 0 Å². The first-order chi connectivity index (χ1) is 7.43. The molecule has 0 spiro atoms. The van der Waals surface area contributed by atoms with Gasteiger partial charge in [0.05, 0.1) is 0 Å². The van der Waals surface area contributed by atoms with Crippen molar-refractivity contribution in [2.45, 2.75) is 38.8 Å². The highest BCUT2D eigenvalue weighted by Gasteiger charge is 2.19. The van der Waals surface area contributed by atoms with Crippen molar-refractivity contribution in [3.05, 3.63) is 20.8 Å². The summed E-state index contributed by atoms with van der Waals surface area (Å²) in [5, 5.41) is 2.12. The van der Waals surface area contributed by atoms with Crippen LogP contribution in [0.5, 0.6) is 0 Å². The van der Waals surface area contributed by atoms with Crippen LogP contribution in [0.4, 0.5) is 0 Å². The zero-order chi connectivity index (χ0) is 12.2. The number of halogens is 1. The molecule has 0 saturated heterocycles. The average molecular weight is 305 g/mol. The zero-order valence-corrected chi connectivity index (χ0v) is 12.7. The second kappa shape index (κ2) is 6.15. The molecule has 0 saturated carbocycles. The Morgan fingerprint density at radius 2 is 2.25 bits per heavy atom. The largest absolute Gasteiger partial charge is 0.324 e. The van der Waals surface area contributed by atoms with E-state index in [-0.39, 0.29) is 5.54 Å². The van der Waals surface area contributed by atoms with Crippen LogP contribution in [0.15, 0.2) is 15.9 Å². The highest BCUT2D eigenvalue weighted by molar-refractivity contribution is 9.10. The molecule has 0 aliphatic rings. The molecule has 0 aliphatic carbocycles. The van der Waals surface area contributed by atoms with Gasteiger partial charge in [0, 0.05) is 33.4 Å². The Hall–Kier alpha value is 0.1000. The molecule has 16 heavy (non-hydrogen) atoms. The molecule has 1 aromatic rings. The van der Waals surface area contributed by atoms with Gasteiger partial charge in [0.1, 0.15) is 0 Å². The van der Waals surface area contributed by atoms with Gasteiger partial charge in [-0.15, -0.1) is 11.3 Å². The number of nitrogens with zero attached hydrogens (tertiary/aromatic N) is 1. The second-order valence-electron chi connectivity index (χ2n) is 4.81. The lowest BCUT2D eigenvalue weighted by Crippen LogP contribution is -2.46. The highest BCUT2D eigenvalue weighted by atomic mass is 79.9. The van der Waals surface area contributed by atoms with E-state index < -0.39 is 0 Å². The summed E-state index contributed by atoms with van der Waals surface area (Å²) in [6, 6.07) is 2.18. The molecule has 1 rings (SSSR count). The number of hydrogen-bond acceptors (Lipinski definition) is 3. The summed E-state index contributed by atoms with van der Waals surface area (Å²) < 4.78 is 1.17. The summed E-state index contributed by atoms with van der Waals surface area (Å²) in [6.45, 7) is 6.24. The lowest BCUT2D eigenvalue weighted by atomic mass is 9.97. The van der Waals surface area contributed by atoms with E-state index in [4.69, 9.17) is 5.73 Å². The maximum absolute atomic E-state index is 6.24. The van der Waals surface area contributed by atoms with Gasteiger partial charge in [-0.2, -0.15) is 0 Å². The van der Waals surface area contributed by atoms with E-state index in [1.54, 1.807) is 11.3 Å². The second-order valence-corrected chi connectivity index (χ2v) is 6.72. The van der Waals surface area contributed by atoms with Crippen molar-refractivity contribution in [3.8, 4) is 0 Å². The number of nitrogens with two attached hydrogens (primary N) is 1. The Morgan fingerprint density at radius 3 is 2.75 bits per heavy atom. The van der Waals surface area contributed by atoms with Gasteiger partial charge in [0.15, 0.2) is 0 Å². The quantitative estimate of drug-likeness (QED) is 0.872. The first-order valence-corrected chi connectivity index (χ1v) is 7.30. The SMILES string of the molecule is CCCC(C)(N)CN(C)Cc1cc(Br)cs1. The molecule has 0 bridgehead atoms. The van der Waals surface area contributed by atoms with Crippen LogP contribution in [0.2, 0.25) is 0 Å². The molecular formula is C12H21BrN2S. The predicted octanol–water partition coefficient (Wildman–Crippen LogP) is 3.46. The summed E-state index contributed by atoms with van der Waals surface area (Å²) >= 11 is 5.26. The smallest absolute Gasteiger partial charge is 0.0326 e. The van der Waals surface area contributed by atoms with Gasteiger partial charge in [0.2, 0.25) is 0 Å². The van der Waals surface area contributed by atoms with Crippen LogP contribution in [0.3, 0.4) is 0 Å². The molecular weight excluding hydrogens is 284 g/mol. The predicted molar refractivity (Wildman–Crippen MR) is 75.9 cm³/mol. The number of thiophene rings is 1. The van der Waals surface area contributed by atoms with Gasteiger partial charge < -0.3 is 5.73 Å². The first-order valence-electron chi connectivity index (χ1n) is 5.63. The van der Waals surface area contributed by atoms with Crippen molar-refractivity contribution in [3.63, 3.8) is 0 Å². The Bertz CT molecular complexity index is 323. The van der Waals surface area contributed by atoms with Crippen LogP contribution >= 0.6 is 27.3 Å². The van der Waals surface area contributed by atoms with Crippen molar-refractivity contribution < 1.29 is 0 Å². The summed E-state index contributed by atoms with van der Waals surface area (Å²) in [6.07, 6.45) is 2.22. The standard InChI is InChI=1S/C12H21BrN2S/c1-4-5-12(2,14)9-15(3)7-11-6-10(13)8-16-11/h6,8H,4-5,7,9,14H2,1-3H3. The minimum atomic E-state index is -0.0714. The third kappa shape index (κ3) is 4.95. The van der Waals surface area contributed by atoms with E-state index in [0.717, 1.165) is 25.9 Å². The fourth-order valence-corrected chi connectivity index (χ4v) is 3.56. The lowest BCUT2D eigenvalue weighted by Gasteiger charge is -2.29. The minimum absolute atomic E-state index is 0.0714. The van der Waals surface area contributed by atoms with E-state index >= 15 is 0 Å². The van der Waals surface area contributed by atoms with Gasteiger partial charge in [-0.25, -0.2) is 0 Å². The van der Waals surface area contributed by atoms with Crippen molar-refractivity contribution in [1.82, 2.24) is 4.90 Å². The van der Waals surface area contributed by atoms with E-state index in [1.807, 2.05) is 0 Å². The van der Waals surface area contributed by atoms with Crippen molar-refractivity contribution in [2.75, 3.05) is 13.6 Å². The molecule has 0 aromatic carbocycles. The monoisotopic (exact) mass is 304 g/mol. The molecule has 0 radical (unpaired) electrons. The van der Waals surface area contributed by atoms with Crippen LogP contribution < -0.4 is 5.73 Å². The van der Waals surface area contributed by atoms with Crippen molar-refractivity contribution >= 4 is 27.3 Å². The number of hydrogen-bond donors (Lipinski definition) is 1.